The minimum Gasteiger partial charge on any atom is -0.508 e. The van der Waals surface area contributed by atoms with Gasteiger partial charge in [0.25, 0.3) is 0 Å². The number of Topliss-reactive ketones (excluding diaryl/α,β-unsaturated/α-hetero) is 1. The SMILES string of the molecule is N=C(N)CCCC[C@@H]1NC(=O)[C@H](CCCN)CC(=O)[C@@H](Cc2ccc(O)cc2)NC(=O)CNC(=O)[C@H](Cc2ccc3ccccc3c2)NC1=O. The van der Waals surface area contributed by atoms with Gasteiger partial charge in [-0.15, -0.1) is 0 Å². The maximum Gasteiger partial charge on any atom is 0.243 e. The van der Waals surface area contributed by atoms with Gasteiger partial charge in [0.05, 0.1) is 18.4 Å². The Labute approximate surface area is 291 Å². The van der Waals surface area contributed by atoms with Crippen molar-refractivity contribution in [2.45, 2.75) is 75.9 Å². The van der Waals surface area contributed by atoms with E-state index in [-0.39, 0.29) is 50.2 Å². The molecule has 0 bridgehead atoms. The lowest BCUT2D eigenvalue weighted by Gasteiger charge is -2.25. The number of rotatable bonds is 12. The molecule has 3 aromatic rings. The van der Waals surface area contributed by atoms with Crippen LogP contribution in [0.4, 0.5) is 0 Å². The summed E-state index contributed by atoms with van der Waals surface area (Å²) in [6.45, 7) is -0.171. The fourth-order valence-corrected chi connectivity index (χ4v) is 6.03. The summed E-state index contributed by atoms with van der Waals surface area (Å²) in [5.74, 6) is -3.51. The van der Waals surface area contributed by atoms with Crippen molar-refractivity contribution in [2.24, 2.45) is 17.4 Å². The zero-order valence-electron chi connectivity index (χ0n) is 28.1. The van der Waals surface area contributed by atoms with Crippen LogP contribution in [0, 0.1) is 11.3 Å². The molecule has 0 unspecified atom stereocenters. The van der Waals surface area contributed by atoms with E-state index in [0.29, 0.717) is 31.2 Å². The Morgan fingerprint density at radius 1 is 0.740 bits per heavy atom. The minimum absolute atomic E-state index is 0.0121. The molecule has 4 atom stereocenters. The minimum atomic E-state index is -1.10. The zero-order chi connectivity index (χ0) is 36.0. The largest absolute Gasteiger partial charge is 0.508 e. The number of carbonyl (C=O) groups excluding carboxylic acids is 5. The van der Waals surface area contributed by atoms with Crippen LogP contribution in [-0.4, -0.2) is 71.6 Å². The van der Waals surface area contributed by atoms with Crippen molar-refractivity contribution in [1.82, 2.24) is 21.3 Å². The molecule has 1 fully saturated rings. The maximum absolute atomic E-state index is 13.9. The predicted octanol–water partition coefficient (Wildman–Crippen LogP) is 1.73. The quantitative estimate of drug-likeness (QED) is 0.0793. The Balaban J connectivity index is 1.66. The molecule has 266 valence electrons. The first kappa shape index (κ1) is 37.5. The molecule has 13 heteroatoms. The van der Waals surface area contributed by atoms with Crippen LogP contribution >= 0.6 is 0 Å². The normalized spacial score (nSPS) is 20.9. The lowest BCUT2D eigenvalue weighted by atomic mass is 9.90. The molecule has 3 aromatic carbocycles. The number of ketones is 1. The molecule has 1 heterocycles. The molecular formula is C37H47N7O6. The number of benzene rings is 3. The van der Waals surface area contributed by atoms with E-state index >= 15 is 0 Å². The fourth-order valence-electron chi connectivity index (χ4n) is 6.03. The first-order valence-electron chi connectivity index (χ1n) is 17.0. The van der Waals surface area contributed by atoms with E-state index in [2.05, 4.69) is 21.3 Å². The summed E-state index contributed by atoms with van der Waals surface area (Å²) in [6.07, 6.45) is 2.20. The number of hydrogen-bond donors (Lipinski definition) is 8. The Morgan fingerprint density at radius 2 is 1.42 bits per heavy atom. The number of phenolic OH excluding ortho intramolecular Hbond substituents is 1. The maximum atomic E-state index is 13.9. The van der Waals surface area contributed by atoms with Crippen molar-refractivity contribution in [3.63, 3.8) is 0 Å². The van der Waals surface area contributed by atoms with Crippen molar-refractivity contribution in [3.05, 3.63) is 77.9 Å². The monoisotopic (exact) mass is 685 g/mol. The molecule has 0 aromatic heterocycles. The van der Waals surface area contributed by atoms with E-state index in [1.165, 1.54) is 12.1 Å². The summed E-state index contributed by atoms with van der Waals surface area (Å²) in [5, 5.41) is 30.2. The van der Waals surface area contributed by atoms with Crippen molar-refractivity contribution >= 4 is 46.0 Å². The van der Waals surface area contributed by atoms with Crippen molar-refractivity contribution in [2.75, 3.05) is 13.1 Å². The molecule has 50 heavy (non-hydrogen) atoms. The van der Waals surface area contributed by atoms with E-state index in [9.17, 15) is 29.1 Å². The first-order valence-corrected chi connectivity index (χ1v) is 17.0. The summed E-state index contributed by atoms with van der Waals surface area (Å²) < 4.78 is 0. The predicted molar refractivity (Wildman–Crippen MR) is 190 cm³/mol. The Bertz CT molecular complexity index is 1680. The molecule has 0 aliphatic carbocycles. The van der Waals surface area contributed by atoms with Crippen LogP contribution in [0.2, 0.25) is 0 Å². The summed E-state index contributed by atoms with van der Waals surface area (Å²) >= 11 is 0. The summed E-state index contributed by atoms with van der Waals surface area (Å²) in [5.41, 5.74) is 12.7. The third-order valence-electron chi connectivity index (χ3n) is 8.81. The number of fused-ring (bicyclic) bond motifs is 1. The number of nitrogens with one attached hydrogen (secondary N) is 5. The fraction of sp³-hybridized carbons (Fsp3) is 0.405. The second-order valence-corrected chi connectivity index (χ2v) is 12.8. The first-order chi connectivity index (χ1) is 24.0. The second-order valence-electron chi connectivity index (χ2n) is 12.8. The average Bonchev–Trinajstić information content (AvgIpc) is 3.09. The lowest BCUT2D eigenvalue weighted by molar-refractivity contribution is -0.134. The van der Waals surface area contributed by atoms with Gasteiger partial charge in [-0.25, -0.2) is 0 Å². The highest BCUT2D eigenvalue weighted by Gasteiger charge is 2.32. The molecule has 10 N–H and O–H groups in total. The number of unbranched alkanes of at least 4 members (excludes halogenated alkanes) is 1. The average molecular weight is 686 g/mol. The van der Waals surface area contributed by atoms with E-state index in [4.69, 9.17) is 16.9 Å². The van der Waals surface area contributed by atoms with E-state index in [1.807, 2.05) is 42.5 Å². The Hall–Kier alpha value is -5.30. The highest BCUT2D eigenvalue weighted by Crippen LogP contribution is 2.19. The number of carbonyl (C=O) groups is 5. The van der Waals surface area contributed by atoms with Crippen LogP contribution in [0.25, 0.3) is 10.8 Å². The molecule has 13 nitrogen and oxygen atoms in total. The van der Waals surface area contributed by atoms with Crippen LogP contribution < -0.4 is 32.7 Å². The highest BCUT2D eigenvalue weighted by molar-refractivity contribution is 5.97. The van der Waals surface area contributed by atoms with Gasteiger partial charge in [0, 0.05) is 25.2 Å². The molecule has 4 rings (SSSR count). The van der Waals surface area contributed by atoms with Gasteiger partial charge in [-0.1, -0.05) is 61.0 Å². The van der Waals surface area contributed by atoms with Crippen molar-refractivity contribution in [3.8, 4) is 5.75 Å². The van der Waals surface area contributed by atoms with E-state index in [0.717, 1.165) is 16.3 Å². The van der Waals surface area contributed by atoms with Gasteiger partial charge in [0.15, 0.2) is 5.78 Å². The second kappa shape index (κ2) is 18.5. The van der Waals surface area contributed by atoms with Crippen LogP contribution in [0.5, 0.6) is 5.75 Å². The molecule has 1 saturated heterocycles. The van der Waals surface area contributed by atoms with Crippen LogP contribution in [-0.2, 0) is 36.8 Å². The third-order valence-corrected chi connectivity index (χ3v) is 8.81. The van der Waals surface area contributed by atoms with Crippen molar-refractivity contribution < 1.29 is 29.1 Å². The van der Waals surface area contributed by atoms with Gasteiger partial charge in [-0.2, -0.15) is 0 Å². The molecular weight excluding hydrogens is 638 g/mol. The van der Waals surface area contributed by atoms with Crippen molar-refractivity contribution in [1.29, 1.82) is 5.41 Å². The summed E-state index contributed by atoms with van der Waals surface area (Å²) in [4.78, 5) is 68.2. The van der Waals surface area contributed by atoms with Gasteiger partial charge in [-0.05, 0) is 72.7 Å². The number of amides is 4. The number of phenols is 1. The Kier molecular flexibility index (Phi) is 13.9. The topological polar surface area (TPSA) is 230 Å². The number of amidine groups is 1. The summed E-state index contributed by atoms with van der Waals surface area (Å²) in [6, 6.07) is 16.5. The molecule has 0 radical (unpaired) electrons. The molecule has 1 aliphatic heterocycles. The van der Waals surface area contributed by atoms with Crippen LogP contribution in [0.15, 0.2) is 66.7 Å². The van der Waals surface area contributed by atoms with Gasteiger partial charge in [0.1, 0.15) is 17.8 Å². The van der Waals surface area contributed by atoms with Crippen LogP contribution in [0.3, 0.4) is 0 Å². The number of nitrogens with two attached hydrogens (primary N) is 2. The van der Waals surface area contributed by atoms with Gasteiger partial charge >= 0.3 is 0 Å². The lowest BCUT2D eigenvalue weighted by Crippen LogP contribution is -2.55. The number of hydrogen-bond acceptors (Lipinski definition) is 8. The Morgan fingerprint density at radius 3 is 2.14 bits per heavy atom. The van der Waals surface area contributed by atoms with Gasteiger partial charge in [0.2, 0.25) is 23.6 Å². The highest BCUT2D eigenvalue weighted by atomic mass is 16.3. The molecule has 4 amide bonds. The van der Waals surface area contributed by atoms with E-state index in [1.54, 1.807) is 12.1 Å². The van der Waals surface area contributed by atoms with Gasteiger partial charge < -0.3 is 37.8 Å². The van der Waals surface area contributed by atoms with Crippen LogP contribution in [0.1, 0.15) is 56.1 Å². The third kappa shape index (κ3) is 11.4. The van der Waals surface area contributed by atoms with E-state index < -0.39 is 60.0 Å². The molecule has 1 aliphatic rings. The summed E-state index contributed by atoms with van der Waals surface area (Å²) in [7, 11) is 0. The zero-order valence-corrected chi connectivity index (χ0v) is 28.1. The standard InChI is InChI=1S/C37H47N7O6/c38-17-5-8-27-21-32(46)30(19-23-12-15-28(45)16-13-23)42-34(47)22-41-36(49)31(20-24-11-14-25-6-1-2-7-26(25)18-24)44-37(50)29(43-35(27)48)9-3-4-10-33(39)40/h1-2,6-7,11-16,18,27,29-31,45H,3-5,8-10,17,19-22,38H2,(H3,39,40)(H,41,49)(H,42,47)(H,43,48)(H,44,50)/t27-,29+,30-,31+/m1/s1. The number of aromatic hydroxyl groups is 1. The smallest absolute Gasteiger partial charge is 0.243 e. The van der Waals surface area contributed by atoms with Gasteiger partial charge in [-0.3, -0.25) is 29.4 Å². The molecule has 0 spiro atoms. The molecule has 0 saturated carbocycles.